The predicted octanol–water partition coefficient (Wildman–Crippen LogP) is 0.329. The molecule has 78 valence electrons. The zero-order valence-corrected chi connectivity index (χ0v) is 8.14. The average Bonchev–Trinajstić information content (AvgIpc) is 2.65. The first kappa shape index (κ1) is 10.7. The van der Waals surface area contributed by atoms with Crippen LogP contribution in [0.3, 0.4) is 0 Å². The quantitative estimate of drug-likeness (QED) is 0.692. The lowest BCUT2D eigenvalue weighted by Gasteiger charge is -2.00. The fourth-order valence-corrected chi connectivity index (χ4v) is 1.12. The van der Waals surface area contributed by atoms with Crippen molar-refractivity contribution < 1.29 is 14.6 Å². The fourth-order valence-electron chi connectivity index (χ4n) is 1.12. The summed E-state index contributed by atoms with van der Waals surface area (Å²) < 4.78 is 6.35. The number of esters is 1. The zero-order chi connectivity index (χ0) is 10.4. The van der Waals surface area contributed by atoms with E-state index in [1.165, 1.54) is 7.11 Å². The number of aryl methyl sites for hydroxylation is 1. The van der Waals surface area contributed by atoms with Crippen LogP contribution in [0.5, 0.6) is 0 Å². The van der Waals surface area contributed by atoms with E-state index in [1.807, 2.05) is 4.57 Å². The lowest BCUT2D eigenvalue weighted by Crippen LogP contribution is -2.03. The first-order valence-electron chi connectivity index (χ1n) is 4.44. The number of rotatable bonds is 5. The molecule has 14 heavy (non-hydrogen) atoms. The second-order valence-corrected chi connectivity index (χ2v) is 2.94. The molecular formula is C9H14N2O3. The van der Waals surface area contributed by atoms with E-state index in [0.29, 0.717) is 25.1 Å². The number of aliphatic hydroxyl groups is 1. The second-order valence-electron chi connectivity index (χ2n) is 2.94. The number of nitrogens with zero attached hydrogens (tertiary/aromatic N) is 2. The summed E-state index contributed by atoms with van der Waals surface area (Å²) in [5.74, 6) is -0.201. The summed E-state index contributed by atoms with van der Waals surface area (Å²) in [4.78, 5) is 14.7. The third-order valence-corrected chi connectivity index (χ3v) is 1.87. The van der Waals surface area contributed by atoms with Gasteiger partial charge in [0.25, 0.3) is 0 Å². The number of aliphatic hydroxyl groups excluding tert-OH is 1. The van der Waals surface area contributed by atoms with E-state index in [0.717, 1.165) is 0 Å². The minimum Gasteiger partial charge on any atom is -0.469 e. The maximum Gasteiger partial charge on any atom is 0.305 e. The minimum absolute atomic E-state index is 0.0516. The molecule has 0 bridgehead atoms. The van der Waals surface area contributed by atoms with Gasteiger partial charge in [-0.05, 0) is 6.42 Å². The number of carbonyl (C=O) groups excluding carboxylic acids is 1. The molecule has 0 radical (unpaired) electrons. The Kier molecular flexibility index (Phi) is 4.12. The second kappa shape index (κ2) is 5.39. The largest absolute Gasteiger partial charge is 0.469 e. The molecule has 1 rings (SSSR count). The minimum atomic E-state index is -0.201. The first-order chi connectivity index (χ1) is 6.76. The topological polar surface area (TPSA) is 64.4 Å². The van der Waals surface area contributed by atoms with Gasteiger partial charge in [-0.2, -0.15) is 0 Å². The molecule has 0 spiro atoms. The number of carbonyl (C=O) groups is 1. The third kappa shape index (κ3) is 3.18. The highest BCUT2D eigenvalue weighted by atomic mass is 16.5. The Bertz CT molecular complexity index is 296. The molecule has 0 aliphatic rings. The lowest BCUT2D eigenvalue weighted by atomic mass is 10.3. The first-order valence-corrected chi connectivity index (χ1v) is 4.44. The maximum atomic E-state index is 10.8. The van der Waals surface area contributed by atoms with E-state index in [2.05, 4.69) is 9.72 Å². The highest BCUT2D eigenvalue weighted by molar-refractivity contribution is 5.68. The Labute approximate surface area is 82.3 Å². The maximum absolute atomic E-state index is 10.8. The summed E-state index contributed by atoms with van der Waals surface area (Å²) >= 11 is 0. The highest BCUT2D eigenvalue weighted by Crippen LogP contribution is 2.00. The number of aromatic nitrogens is 2. The Balaban J connectivity index is 2.27. The summed E-state index contributed by atoms with van der Waals surface area (Å²) in [6, 6.07) is 0. The molecule has 5 heteroatoms. The smallest absolute Gasteiger partial charge is 0.305 e. The molecule has 0 atom stereocenters. The van der Waals surface area contributed by atoms with Gasteiger partial charge in [0.1, 0.15) is 0 Å². The Morgan fingerprint density at radius 1 is 1.71 bits per heavy atom. The standard InChI is InChI=1S/C9H14N2O3/c1-14-9(13)3-2-4-11-5-8(6-12)10-7-11/h5,7,12H,2-4,6H2,1H3. The van der Waals surface area contributed by atoms with Crippen LogP contribution in [0.25, 0.3) is 0 Å². The van der Waals surface area contributed by atoms with Crippen molar-refractivity contribution >= 4 is 5.97 Å². The molecule has 0 aliphatic heterocycles. The van der Waals surface area contributed by atoms with Crippen molar-refractivity contribution in [1.29, 1.82) is 0 Å². The van der Waals surface area contributed by atoms with Crippen molar-refractivity contribution in [2.75, 3.05) is 7.11 Å². The average molecular weight is 198 g/mol. The molecule has 0 amide bonds. The van der Waals surface area contributed by atoms with Crippen molar-refractivity contribution in [3.05, 3.63) is 18.2 Å². The molecule has 1 aromatic rings. The molecule has 0 aromatic carbocycles. The van der Waals surface area contributed by atoms with Gasteiger partial charge in [-0.1, -0.05) is 0 Å². The van der Waals surface area contributed by atoms with E-state index in [-0.39, 0.29) is 12.6 Å². The number of imidazole rings is 1. The summed E-state index contributed by atoms with van der Waals surface area (Å²) in [6.07, 6.45) is 4.52. The van der Waals surface area contributed by atoms with Gasteiger partial charge < -0.3 is 14.4 Å². The van der Waals surface area contributed by atoms with Crippen LogP contribution in [0, 0.1) is 0 Å². The van der Waals surface area contributed by atoms with Gasteiger partial charge in [0.2, 0.25) is 0 Å². The van der Waals surface area contributed by atoms with Gasteiger partial charge in [0.05, 0.1) is 25.7 Å². The van der Waals surface area contributed by atoms with Gasteiger partial charge in [-0.15, -0.1) is 0 Å². The molecular weight excluding hydrogens is 184 g/mol. The Hall–Kier alpha value is -1.36. The molecule has 1 N–H and O–H groups in total. The van der Waals surface area contributed by atoms with Gasteiger partial charge in [0, 0.05) is 19.2 Å². The van der Waals surface area contributed by atoms with E-state index in [1.54, 1.807) is 12.5 Å². The molecule has 0 aliphatic carbocycles. The third-order valence-electron chi connectivity index (χ3n) is 1.87. The lowest BCUT2D eigenvalue weighted by molar-refractivity contribution is -0.140. The van der Waals surface area contributed by atoms with E-state index in [9.17, 15) is 4.79 Å². The predicted molar refractivity (Wildman–Crippen MR) is 49.4 cm³/mol. The van der Waals surface area contributed by atoms with Crippen LogP contribution in [0.1, 0.15) is 18.5 Å². The van der Waals surface area contributed by atoms with Crippen LogP contribution in [0.4, 0.5) is 0 Å². The van der Waals surface area contributed by atoms with E-state index >= 15 is 0 Å². The number of hydrogen-bond acceptors (Lipinski definition) is 4. The Morgan fingerprint density at radius 2 is 2.50 bits per heavy atom. The van der Waals surface area contributed by atoms with Crippen LogP contribution in [0.2, 0.25) is 0 Å². The summed E-state index contributed by atoms with van der Waals surface area (Å²) in [7, 11) is 1.38. The fraction of sp³-hybridized carbons (Fsp3) is 0.556. The van der Waals surface area contributed by atoms with Gasteiger partial charge in [0.15, 0.2) is 0 Å². The SMILES string of the molecule is COC(=O)CCCn1cnc(CO)c1. The van der Waals surface area contributed by atoms with Crippen molar-refractivity contribution in [1.82, 2.24) is 9.55 Å². The molecule has 5 nitrogen and oxygen atoms in total. The van der Waals surface area contributed by atoms with Crippen LogP contribution < -0.4 is 0 Å². The van der Waals surface area contributed by atoms with Crippen molar-refractivity contribution in [2.24, 2.45) is 0 Å². The summed E-state index contributed by atoms with van der Waals surface area (Å²) in [5, 5.41) is 8.75. The van der Waals surface area contributed by atoms with Crippen molar-refractivity contribution in [2.45, 2.75) is 26.0 Å². The van der Waals surface area contributed by atoms with Crippen LogP contribution in [0.15, 0.2) is 12.5 Å². The van der Waals surface area contributed by atoms with Gasteiger partial charge in [-0.3, -0.25) is 4.79 Å². The zero-order valence-electron chi connectivity index (χ0n) is 8.14. The number of hydrogen-bond donors (Lipinski definition) is 1. The molecule has 0 saturated heterocycles. The molecule has 1 aromatic heterocycles. The monoisotopic (exact) mass is 198 g/mol. The number of ether oxygens (including phenoxy) is 1. The van der Waals surface area contributed by atoms with Crippen LogP contribution in [-0.2, 0) is 22.7 Å². The van der Waals surface area contributed by atoms with Crippen LogP contribution in [-0.4, -0.2) is 27.7 Å². The molecule has 0 saturated carbocycles. The van der Waals surface area contributed by atoms with Crippen molar-refractivity contribution in [3.8, 4) is 0 Å². The van der Waals surface area contributed by atoms with Crippen LogP contribution >= 0.6 is 0 Å². The molecule has 0 unspecified atom stereocenters. The molecule has 1 heterocycles. The van der Waals surface area contributed by atoms with Gasteiger partial charge >= 0.3 is 5.97 Å². The Morgan fingerprint density at radius 3 is 3.07 bits per heavy atom. The van der Waals surface area contributed by atoms with Gasteiger partial charge in [-0.25, -0.2) is 4.98 Å². The number of methoxy groups -OCH3 is 1. The summed E-state index contributed by atoms with van der Waals surface area (Å²) in [5.41, 5.74) is 0.642. The van der Waals surface area contributed by atoms with E-state index in [4.69, 9.17) is 5.11 Å². The van der Waals surface area contributed by atoms with Crippen molar-refractivity contribution in [3.63, 3.8) is 0 Å². The highest BCUT2D eigenvalue weighted by Gasteiger charge is 2.01. The summed E-state index contributed by atoms with van der Waals surface area (Å²) in [6.45, 7) is 0.659. The molecule has 0 fully saturated rings. The van der Waals surface area contributed by atoms with E-state index < -0.39 is 0 Å². The normalized spacial score (nSPS) is 10.1.